The van der Waals surface area contributed by atoms with E-state index >= 15 is 0 Å². The van der Waals surface area contributed by atoms with E-state index in [4.69, 9.17) is 14.9 Å². The molecule has 1 fully saturated rings. The van der Waals surface area contributed by atoms with Crippen LogP contribution in [0.25, 0.3) is 0 Å². The largest absolute Gasteiger partial charge is 0.392 e. The van der Waals surface area contributed by atoms with Crippen LogP contribution in [-0.4, -0.2) is 27.2 Å². The van der Waals surface area contributed by atoms with Gasteiger partial charge in [0, 0.05) is 5.92 Å². The van der Waals surface area contributed by atoms with Crippen molar-refractivity contribution in [3.63, 3.8) is 0 Å². The molecule has 0 aromatic rings. The number of hydrogen-bond acceptors (Lipinski definition) is 2. The van der Waals surface area contributed by atoms with Gasteiger partial charge in [0.25, 0.3) is 0 Å². The molecule has 0 saturated heterocycles. The first-order valence-electron chi connectivity index (χ1n) is 3.30. The SMILES string of the molecule is C=C1CC1[C@H](O)CP(=O)(O)O. The lowest BCUT2D eigenvalue weighted by Crippen LogP contribution is -2.14. The summed E-state index contributed by atoms with van der Waals surface area (Å²) < 4.78 is 10.4. The number of hydrogen-bond donors (Lipinski definition) is 3. The van der Waals surface area contributed by atoms with Gasteiger partial charge in [-0.15, -0.1) is 0 Å². The summed E-state index contributed by atoms with van der Waals surface area (Å²) in [5.74, 6) is -0.0809. The highest BCUT2D eigenvalue weighted by molar-refractivity contribution is 7.51. The Bertz CT molecular complexity index is 219. The molecule has 1 rings (SSSR count). The molecule has 1 aliphatic carbocycles. The van der Waals surface area contributed by atoms with Gasteiger partial charge in [0.1, 0.15) is 0 Å². The Hall–Kier alpha value is -0.150. The van der Waals surface area contributed by atoms with Gasteiger partial charge in [0.05, 0.1) is 12.3 Å². The normalized spacial score (nSPS) is 26.8. The summed E-state index contributed by atoms with van der Waals surface area (Å²) in [7, 11) is -4.05. The minimum absolute atomic E-state index is 0.0809. The second-order valence-corrected chi connectivity index (χ2v) is 4.58. The first-order valence-corrected chi connectivity index (χ1v) is 5.10. The molecule has 11 heavy (non-hydrogen) atoms. The standard InChI is InChI=1S/C6H11O4P/c1-4-2-5(4)6(7)3-11(8,9)10/h5-7H,1-3H2,(H2,8,9,10)/t5?,6-/m1/s1. The van der Waals surface area contributed by atoms with Crippen molar-refractivity contribution in [1.29, 1.82) is 0 Å². The molecule has 3 N–H and O–H groups in total. The Morgan fingerprint density at radius 1 is 1.73 bits per heavy atom. The van der Waals surface area contributed by atoms with Crippen molar-refractivity contribution >= 4 is 7.60 Å². The van der Waals surface area contributed by atoms with Crippen molar-refractivity contribution in [2.75, 3.05) is 6.16 Å². The minimum atomic E-state index is -4.05. The second kappa shape index (κ2) is 2.72. The molecule has 0 spiro atoms. The van der Waals surface area contributed by atoms with Crippen molar-refractivity contribution in [1.82, 2.24) is 0 Å². The molecule has 0 heterocycles. The molecule has 1 saturated carbocycles. The molecule has 5 heteroatoms. The highest BCUT2D eigenvalue weighted by atomic mass is 31.2. The first kappa shape index (κ1) is 8.94. The third kappa shape index (κ3) is 2.75. The third-order valence-corrected chi connectivity index (χ3v) is 2.59. The summed E-state index contributed by atoms with van der Waals surface area (Å²) in [4.78, 5) is 16.9. The molecule has 0 aromatic carbocycles. The van der Waals surface area contributed by atoms with Gasteiger partial charge in [-0.2, -0.15) is 0 Å². The van der Waals surface area contributed by atoms with Crippen LogP contribution in [0.2, 0.25) is 0 Å². The maximum atomic E-state index is 10.4. The van der Waals surface area contributed by atoms with E-state index in [-0.39, 0.29) is 5.92 Å². The molecular weight excluding hydrogens is 167 g/mol. The van der Waals surface area contributed by atoms with E-state index in [0.29, 0.717) is 6.42 Å². The number of rotatable bonds is 3. The predicted octanol–water partition coefficient (Wildman–Crippen LogP) is 0.101. The topological polar surface area (TPSA) is 77.8 Å². The first-order chi connectivity index (χ1) is 4.90. The van der Waals surface area contributed by atoms with Crippen LogP contribution in [0.15, 0.2) is 12.2 Å². The van der Waals surface area contributed by atoms with Crippen LogP contribution in [0.1, 0.15) is 6.42 Å². The van der Waals surface area contributed by atoms with Gasteiger partial charge in [-0.05, 0) is 6.42 Å². The zero-order valence-electron chi connectivity index (χ0n) is 5.97. The highest BCUT2D eigenvalue weighted by Crippen LogP contribution is 2.44. The van der Waals surface area contributed by atoms with Crippen LogP contribution in [0.3, 0.4) is 0 Å². The molecule has 0 radical (unpaired) electrons. The molecule has 0 bridgehead atoms. The Labute approximate surface area is 64.7 Å². The van der Waals surface area contributed by atoms with Crippen molar-refractivity contribution in [3.8, 4) is 0 Å². The summed E-state index contributed by atoms with van der Waals surface area (Å²) in [6.07, 6.45) is -0.666. The van der Waals surface area contributed by atoms with Gasteiger partial charge < -0.3 is 14.9 Å². The van der Waals surface area contributed by atoms with Crippen molar-refractivity contribution in [2.45, 2.75) is 12.5 Å². The monoisotopic (exact) mass is 178 g/mol. The van der Waals surface area contributed by atoms with Crippen LogP contribution >= 0.6 is 7.60 Å². The summed E-state index contributed by atoms with van der Waals surface area (Å²) in [6.45, 7) is 3.59. The Kier molecular flexibility index (Phi) is 2.21. The average Bonchev–Trinajstić information content (AvgIpc) is 2.41. The van der Waals surface area contributed by atoms with Crippen LogP contribution in [0, 0.1) is 5.92 Å². The highest BCUT2D eigenvalue weighted by Gasteiger charge is 2.37. The molecule has 0 aromatic heterocycles. The maximum Gasteiger partial charge on any atom is 0.328 e. The lowest BCUT2D eigenvalue weighted by atomic mass is 10.2. The van der Waals surface area contributed by atoms with E-state index in [2.05, 4.69) is 6.58 Å². The van der Waals surface area contributed by atoms with Gasteiger partial charge in [-0.25, -0.2) is 0 Å². The maximum absolute atomic E-state index is 10.4. The van der Waals surface area contributed by atoms with E-state index in [1.807, 2.05) is 0 Å². The fourth-order valence-electron chi connectivity index (χ4n) is 1.00. The second-order valence-electron chi connectivity index (χ2n) is 2.88. The molecule has 1 unspecified atom stereocenters. The van der Waals surface area contributed by atoms with Crippen molar-refractivity contribution < 1.29 is 19.5 Å². The van der Waals surface area contributed by atoms with Gasteiger partial charge >= 0.3 is 7.60 Å². The van der Waals surface area contributed by atoms with E-state index in [1.54, 1.807) is 0 Å². The molecule has 0 aliphatic heterocycles. The van der Waals surface area contributed by atoms with E-state index < -0.39 is 19.9 Å². The Morgan fingerprint density at radius 2 is 2.18 bits per heavy atom. The predicted molar refractivity (Wildman–Crippen MR) is 40.2 cm³/mol. The fraction of sp³-hybridized carbons (Fsp3) is 0.667. The number of aliphatic hydroxyl groups excluding tert-OH is 1. The smallest absolute Gasteiger partial charge is 0.328 e. The van der Waals surface area contributed by atoms with Gasteiger partial charge in [0.2, 0.25) is 0 Å². The van der Waals surface area contributed by atoms with Crippen LogP contribution in [0.5, 0.6) is 0 Å². The van der Waals surface area contributed by atoms with Gasteiger partial charge in [-0.1, -0.05) is 12.2 Å². The number of aliphatic hydroxyl groups is 1. The van der Waals surface area contributed by atoms with Gasteiger partial charge in [0.15, 0.2) is 0 Å². The van der Waals surface area contributed by atoms with Crippen molar-refractivity contribution in [3.05, 3.63) is 12.2 Å². The quantitative estimate of drug-likeness (QED) is 0.423. The van der Waals surface area contributed by atoms with Crippen LogP contribution < -0.4 is 0 Å². The summed E-state index contributed by atoms with van der Waals surface area (Å²) in [5, 5.41) is 9.14. The van der Waals surface area contributed by atoms with E-state index in [1.165, 1.54) is 0 Å². The molecule has 0 amide bonds. The molecule has 1 aliphatic rings. The zero-order valence-corrected chi connectivity index (χ0v) is 6.87. The minimum Gasteiger partial charge on any atom is -0.392 e. The zero-order chi connectivity index (χ0) is 8.65. The molecule has 4 nitrogen and oxygen atoms in total. The Balaban J connectivity index is 2.38. The van der Waals surface area contributed by atoms with Gasteiger partial charge in [-0.3, -0.25) is 4.57 Å². The van der Waals surface area contributed by atoms with E-state index in [9.17, 15) is 4.57 Å². The third-order valence-electron chi connectivity index (χ3n) is 1.74. The molecule has 2 atom stereocenters. The summed E-state index contributed by atoms with van der Waals surface area (Å²) in [6, 6.07) is 0. The van der Waals surface area contributed by atoms with Crippen LogP contribution in [0.4, 0.5) is 0 Å². The summed E-state index contributed by atoms with van der Waals surface area (Å²) in [5.41, 5.74) is 0.881. The average molecular weight is 178 g/mol. The fourth-order valence-corrected chi connectivity index (χ4v) is 1.74. The van der Waals surface area contributed by atoms with Crippen molar-refractivity contribution in [2.24, 2.45) is 5.92 Å². The van der Waals surface area contributed by atoms with Crippen LogP contribution in [-0.2, 0) is 4.57 Å². The lowest BCUT2D eigenvalue weighted by Gasteiger charge is -2.08. The Morgan fingerprint density at radius 3 is 2.45 bits per heavy atom. The lowest BCUT2D eigenvalue weighted by molar-refractivity contribution is 0.171. The molecule has 64 valence electrons. The summed E-state index contributed by atoms with van der Waals surface area (Å²) >= 11 is 0. The van der Waals surface area contributed by atoms with E-state index in [0.717, 1.165) is 5.57 Å². The molecular formula is C6H11O4P.